The van der Waals surface area contributed by atoms with Crippen LogP contribution < -0.4 is 5.73 Å². The van der Waals surface area contributed by atoms with Crippen LogP contribution in [0.15, 0.2) is 47.5 Å². The zero-order valence-electron chi connectivity index (χ0n) is 12.5. The third-order valence-corrected chi connectivity index (χ3v) is 4.73. The van der Waals surface area contributed by atoms with Crippen LogP contribution >= 0.6 is 23.4 Å². The van der Waals surface area contributed by atoms with Gasteiger partial charge in [0.15, 0.2) is 0 Å². The molecular formula is C18H14ClN3S. The van der Waals surface area contributed by atoms with Crippen molar-refractivity contribution in [2.45, 2.75) is 11.9 Å². The zero-order valence-corrected chi connectivity index (χ0v) is 14.1. The Morgan fingerprint density at radius 1 is 1.22 bits per heavy atom. The Morgan fingerprint density at radius 2 is 2.00 bits per heavy atom. The van der Waals surface area contributed by atoms with E-state index in [2.05, 4.69) is 11.1 Å². The van der Waals surface area contributed by atoms with Crippen LogP contribution in [-0.4, -0.2) is 10.7 Å². The highest BCUT2D eigenvalue weighted by Gasteiger charge is 2.19. The van der Waals surface area contributed by atoms with E-state index in [0.717, 1.165) is 27.8 Å². The molecule has 0 aliphatic carbocycles. The van der Waals surface area contributed by atoms with Crippen LogP contribution in [0, 0.1) is 11.3 Å². The van der Waals surface area contributed by atoms with Gasteiger partial charge in [-0.2, -0.15) is 5.26 Å². The Balaban J connectivity index is 2.51. The fourth-order valence-corrected chi connectivity index (χ4v) is 3.56. The van der Waals surface area contributed by atoms with Crippen LogP contribution in [0.2, 0.25) is 5.02 Å². The number of thioether (sulfide) groups is 1. The Hall–Kier alpha value is -2.22. The number of nitrogens with zero attached hydrogens (tertiary/aromatic N) is 2. The highest BCUT2D eigenvalue weighted by atomic mass is 35.5. The number of nitriles is 1. The van der Waals surface area contributed by atoms with Gasteiger partial charge in [-0.25, -0.2) is 4.98 Å². The van der Waals surface area contributed by atoms with E-state index in [0.29, 0.717) is 21.3 Å². The molecule has 0 amide bonds. The van der Waals surface area contributed by atoms with E-state index in [1.165, 1.54) is 0 Å². The van der Waals surface area contributed by atoms with Crippen molar-refractivity contribution in [2.24, 2.45) is 0 Å². The lowest BCUT2D eigenvalue weighted by Gasteiger charge is -2.15. The molecule has 0 aliphatic rings. The molecule has 3 rings (SSSR count). The first kappa shape index (κ1) is 15.7. The number of benzene rings is 2. The normalized spacial score (nSPS) is 10.7. The maximum Gasteiger partial charge on any atom is 0.115 e. The van der Waals surface area contributed by atoms with Crippen LogP contribution in [0.5, 0.6) is 0 Å². The highest BCUT2D eigenvalue weighted by molar-refractivity contribution is 7.99. The van der Waals surface area contributed by atoms with E-state index in [1.807, 2.05) is 49.4 Å². The summed E-state index contributed by atoms with van der Waals surface area (Å²) in [6, 6.07) is 15.4. The number of fused-ring (bicyclic) bond motifs is 1. The predicted molar refractivity (Wildman–Crippen MR) is 97.7 cm³/mol. The first-order valence-electron chi connectivity index (χ1n) is 7.17. The molecule has 1 heterocycles. The summed E-state index contributed by atoms with van der Waals surface area (Å²) in [4.78, 5) is 4.63. The van der Waals surface area contributed by atoms with Gasteiger partial charge >= 0.3 is 0 Å². The number of pyridine rings is 1. The van der Waals surface area contributed by atoms with Crippen molar-refractivity contribution in [3.63, 3.8) is 0 Å². The maximum absolute atomic E-state index is 9.74. The fraction of sp³-hybridized carbons (Fsp3) is 0.111. The van der Waals surface area contributed by atoms with Crippen LogP contribution in [0.3, 0.4) is 0 Å². The lowest BCUT2D eigenvalue weighted by atomic mass is 9.96. The van der Waals surface area contributed by atoms with Crippen molar-refractivity contribution in [3.8, 4) is 17.2 Å². The molecule has 0 spiro atoms. The van der Waals surface area contributed by atoms with Gasteiger partial charge in [-0.1, -0.05) is 42.8 Å². The highest BCUT2D eigenvalue weighted by Crippen LogP contribution is 2.41. The van der Waals surface area contributed by atoms with E-state index in [-0.39, 0.29) is 0 Å². The SMILES string of the molecule is CCSc1nc2cccc(N)c2c(-c2ccccc2Cl)c1C#N. The standard InChI is InChI=1S/C18H14ClN3S/c1-2-23-18-12(10-20)16(11-6-3-4-7-13(11)19)17-14(21)8-5-9-15(17)22-18/h3-9H,2,21H2,1H3. The summed E-state index contributed by atoms with van der Waals surface area (Å²) in [6.45, 7) is 2.03. The number of anilines is 1. The molecule has 3 aromatic rings. The minimum atomic E-state index is 0.523. The largest absolute Gasteiger partial charge is 0.398 e. The summed E-state index contributed by atoms with van der Waals surface area (Å²) < 4.78 is 0. The lowest BCUT2D eigenvalue weighted by Crippen LogP contribution is -1.98. The van der Waals surface area contributed by atoms with Crippen molar-refractivity contribution < 1.29 is 0 Å². The number of rotatable bonds is 3. The second-order valence-electron chi connectivity index (χ2n) is 4.93. The molecule has 1 aromatic heterocycles. The molecule has 0 unspecified atom stereocenters. The van der Waals surface area contributed by atoms with Crippen LogP contribution in [0.25, 0.3) is 22.0 Å². The van der Waals surface area contributed by atoms with E-state index in [4.69, 9.17) is 17.3 Å². The molecule has 0 atom stereocenters. The van der Waals surface area contributed by atoms with Crippen LogP contribution in [0.1, 0.15) is 12.5 Å². The lowest BCUT2D eigenvalue weighted by molar-refractivity contribution is 1.16. The second kappa shape index (κ2) is 6.49. The second-order valence-corrected chi connectivity index (χ2v) is 6.59. The third-order valence-electron chi connectivity index (χ3n) is 3.55. The van der Waals surface area contributed by atoms with E-state index < -0.39 is 0 Å². The average molecular weight is 340 g/mol. The molecule has 114 valence electrons. The van der Waals surface area contributed by atoms with Crippen LogP contribution in [0.4, 0.5) is 5.69 Å². The molecule has 0 radical (unpaired) electrons. The first-order valence-corrected chi connectivity index (χ1v) is 8.53. The molecule has 23 heavy (non-hydrogen) atoms. The molecule has 5 heteroatoms. The molecular weight excluding hydrogens is 326 g/mol. The molecule has 2 aromatic carbocycles. The van der Waals surface area contributed by atoms with E-state index in [9.17, 15) is 5.26 Å². The molecule has 0 fully saturated rings. The monoisotopic (exact) mass is 339 g/mol. The van der Waals surface area contributed by atoms with Gasteiger partial charge in [-0.3, -0.25) is 0 Å². The summed E-state index contributed by atoms with van der Waals surface area (Å²) in [5.74, 6) is 0.831. The molecule has 0 bridgehead atoms. The first-order chi connectivity index (χ1) is 11.2. The van der Waals surface area contributed by atoms with Crippen molar-refractivity contribution in [1.82, 2.24) is 4.98 Å². The van der Waals surface area contributed by atoms with E-state index >= 15 is 0 Å². The molecule has 3 nitrogen and oxygen atoms in total. The molecule has 0 aliphatic heterocycles. The number of hydrogen-bond acceptors (Lipinski definition) is 4. The van der Waals surface area contributed by atoms with Gasteiger partial charge in [0, 0.05) is 27.2 Å². The van der Waals surface area contributed by atoms with Crippen molar-refractivity contribution in [3.05, 3.63) is 53.1 Å². The number of nitrogen functional groups attached to an aromatic ring is 1. The van der Waals surface area contributed by atoms with Gasteiger partial charge in [-0.05, 0) is 24.0 Å². The maximum atomic E-state index is 9.74. The van der Waals surface area contributed by atoms with Gasteiger partial charge in [0.25, 0.3) is 0 Å². The molecule has 2 N–H and O–H groups in total. The van der Waals surface area contributed by atoms with Gasteiger partial charge < -0.3 is 5.73 Å². The van der Waals surface area contributed by atoms with Crippen molar-refractivity contribution in [2.75, 3.05) is 11.5 Å². The summed E-state index contributed by atoms with van der Waals surface area (Å²) in [5, 5.41) is 11.8. The smallest absolute Gasteiger partial charge is 0.115 e. The van der Waals surface area contributed by atoms with Crippen LogP contribution in [-0.2, 0) is 0 Å². The Kier molecular flexibility index (Phi) is 4.42. The number of nitrogens with two attached hydrogens (primary N) is 1. The summed E-state index contributed by atoms with van der Waals surface area (Å²) in [5.41, 5.74) is 9.64. The van der Waals surface area contributed by atoms with Gasteiger partial charge in [0.2, 0.25) is 0 Å². The number of aromatic nitrogens is 1. The Bertz CT molecular complexity index is 931. The number of halogens is 1. The average Bonchev–Trinajstić information content (AvgIpc) is 2.55. The summed E-state index contributed by atoms with van der Waals surface area (Å²) >= 11 is 7.94. The number of hydrogen-bond donors (Lipinski definition) is 1. The minimum Gasteiger partial charge on any atom is -0.398 e. The Morgan fingerprint density at radius 3 is 2.70 bits per heavy atom. The predicted octanol–water partition coefficient (Wildman–Crippen LogP) is 5.12. The topological polar surface area (TPSA) is 62.7 Å². The van der Waals surface area contributed by atoms with Gasteiger partial charge in [-0.15, -0.1) is 11.8 Å². The van der Waals surface area contributed by atoms with Gasteiger partial charge in [0.1, 0.15) is 11.1 Å². The van der Waals surface area contributed by atoms with Crippen molar-refractivity contribution >= 4 is 40.0 Å². The quantitative estimate of drug-likeness (QED) is 0.531. The summed E-state index contributed by atoms with van der Waals surface area (Å²) in [7, 11) is 0. The van der Waals surface area contributed by atoms with E-state index in [1.54, 1.807) is 11.8 Å². The Labute approximate surface area is 144 Å². The third kappa shape index (κ3) is 2.74. The summed E-state index contributed by atoms with van der Waals surface area (Å²) in [6.07, 6.45) is 0. The molecule has 0 saturated carbocycles. The minimum absolute atomic E-state index is 0.523. The zero-order chi connectivity index (χ0) is 16.4. The fourth-order valence-electron chi connectivity index (χ4n) is 2.60. The van der Waals surface area contributed by atoms with Crippen molar-refractivity contribution in [1.29, 1.82) is 5.26 Å². The van der Waals surface area contributed by atoms with Gasteiger partial charge in [0.05, 0.1) is 11.1 Å². The molecule has 0 saturated heterocycles.